The first kappa shape index (κ1) is 17.6. The van der Waals surface area contributed by atoms with E-state index in [-0.39, 0.29) is 12.3 Å². The number of para-hydroxylation sites is 1. The van der Waals surface area contributed by atoms with E-state index in [1.807, 2.05) is 60.7 Å². The van der Waals surface area contributed by atoms with Crippen LogP contribution in [-0.4, -0.2) is 42.6 Å². The third-order valence-electron chi connectivity index (χ3n) is 4.04. The van der Waals surface area contributed by atoms with Crippen LogP contribution in [0.25, 0.3) is 17.1 Å². The highest BCUT2D eigenvalue weighted by Gasteiger charge is 2.12. The zero-order valence-corrected chi connectivity index (χ0v) is 15.0. The van der Waals surface area contributed by atoms with Gasteiger partial charge in [-0.3, -0.25) is 0 Å². The Bertz CT molecular complexity index is 1040. The van der Waals surface area contributed by atoms with Crippen molar-refractivity contribution in [1.82, 2.24) is 30.0 Å². The SMILES string of the molecule is O=C(OCCCn1nnc(-c2ccccc2)n1)c1ccn(-c2ccccc2)n1. The number of aromatic nitrogens is 6. The third kappa shape index (κ3) is 4.12. The van der Waals surface area contributed by atoms with E-state index in [4.69, 9.17) is 4.74 Å². The predicted octanol–water partition coefficient (Wildman–Crippen LogP) is 2.77. The summed E-state index contributed by atoms with van der Waals surface area (Å²) >= 11 is 0. The van der Waals surface area contributed by atoms with Gasteiger partial charge in [0.25, 0.3) is 0 Å². The van der Waals surface area contributed by atoms with Crippen molar-refractivity contribution in [2.75, 3.05) is 6.61 Å². The number of benzene rings is 2. The largest absolute Gasteiger partial charge is 0.461 e. The molecule has 2 aromatic carbocycles. The average molecular weight is 374 g/mol. The molecule has 0 unspecified atom stereocenters. The molecule has 0 spiro atoms. The van der Waals surface area contributed by atoms with Crippen molar-refractivity contribution in [3.05, 3.63) is 78.6 Å². The van der Waals surface area contributed by atoms with Gasteiger partial charge in [0.05, 0.1) is 18.8 Å². The van der Waals surface area contributed by atoms with Gasteiger partial charge in [0.2, 0.25) is 5.82 Å². The lowest BCUT2D eigenvalue weighted by Gasteiger charge is -2.03. The summed E-state index contributed by atoms with van der Waals surface area (Å²) in [5.41, 5.74) is 2.07. The number of ether oxygens (including phenoxy) is 1. The van der Waals surface area contributed by atoms with Crippen molar-refractivity contribution in [3.8, 4) is 17.1 Å². The standard InChI is InChI=1S/C20H18N6O2/c27-20(18-12-14-25(22-18)17-10-5-2-6-11-17)28-15-7-13-26-23-19(21-24-26)16-8-3-1-4-9-16/h1-6,8-12,14H,7,13,15H2. The first-order chi connectivity index (χ1) is 13.8. The Hall–Kier alpha value is -3.81. The Kier molecular flexibility index (Phi) is 5.19. The van der Waals surface area contributed by atoms with E-state index in [1.54, 1.807) is 16.9 Å². The number of hydrogen-bond donors (Lipinski definition) is 0. The molecule has 0 aliphatic heterocycles. The van der Waals surface area contributed by atoms with Crippen LogP contribution in [0.4, 0.5) is 0 Å². The van der Waals surface area contributed by atoms with Gasteiger partial charge in [-0.25, -0.2) is 9.48 Å². The van der Waals surface area contributed by atoms with Gasteiger partial charge in [-0.05, 0) is 23.4 Å². The van der Waals surface area contributed by atoms with Crippen molar-refractivity contribution in [3.63, 3.8) is 0 Å². The maximum atomic E-state index is 12.1. The molecule has 0 radical (unpaired) electrons. The van der Waals surface area contributed by atoms with E-state index in [0.29, 0.717) is 18.8 Å². The fraction of sp³-hybridized carbons (Fsp3) is 0.150. The van der Waals surface area contributed by atoms with E-state index < -0.39 is 5.97 Å². The van der Waals surface area contributed by atoms with Gasteiger partial charge in [-0.1, -0.05) is 48.5 Å². The highest BCUT2D eigenvalue weighted by atomic mass is 16.5. The quantitative estimate of drug-likeness (QED) is 0.365. The maximum Gasteiger partial charge on any atom is 0.358 e. The van der Waals surface area contributed by atoms with Crippen LogP contribution in [0.1, 0.15) is 16.9 Å². The van der Waals surface area contributed by atoms with Crippen molar-refractivity contribution in [2.45, 2.75) is 13.0 Å². The van der Waals surface area contributed by atoms with Crippen molar-refractivity contribution in [1.29, 1.82) is 0 Å². The van der Waals surface area contributed by atoms with Crippen LogP contribution < -0.4 is 0 Å². The first-order valence-corrected chi connectivity index (χ1v) is 8.91. The van der Waals surface area contributed by atoms with Crippen molar-refractivity contribution in [2.24, 2.45) is 0 Å². The van der Waals surface area contributed by atoms with Crippen LogP contribution in [0.2, 0.25) is 0 Å². The molecule has 2 aromatic heterocycles. The lowest BCUT2D eigenvalue weighted by Crippen LogP contribution is -2.11. The summed E-state index contributed by atoms with van der Waals surface area (Å²) in [7, 11) is 0. The number of hydrogen-bond acceptors (Lipinski definition) is 6. The maximum absolute atomic E-state index is 12.1. The fourth-order valence-electron chi connectivity index (χ4n) is 2.64. The lowest BCUT2D eigenvalue weighted by molar-refractivity contribution is 0.0486. The number of nitrogens with zero attached hydrogens (tertiary/aromatic N) is 6. The molecule has 0 aliphatic rings. The molecule has 8 heteroatoms. The fourth-order valence-corrected chi connectivity index (χ4v) is 2.64. The Morgan fingerprint density at radius 3 is 2.46 bits per heavy atom. The zero-order valence-electron chi connectivity index (χ0n) is 15.0. The van der Waals surface area contributed by atoms with Crippen LogP contribution in [0, 0.1) is 0 Å². The number of rotatable bonds is 7. The molecule has 0 saturated carbocycles. The molecule has 0 atom stereocenters. The van der Waals surface area contributed by atoms with Gasteiger partial charge in [-0.15, -0.1) is 10.2 Å². The lowest BCUT2D eigenvalue weighted by atomic mass is 10.2. The number of esters is 1. The van der Waals surface area contributed by atoms with Crippen LogP contribution in [0.15, 0.2) is 72.9 Å². The monoisotopic (exact) mass is 374 g/mol. The summed E-state index contributed by atoms with van der Waals surface area (Å²) in [6.45, 7) is 0.755. The van der Waals surface area contributed by atoms with Gasteiger partial charge in [0, 0.05) is 18.2 Å². The first-order valence-electron chi connectivity index (χ1n) is 8.91. The van der Waals surface area contributed by atoms with E-state index in [0.717, 1.165) is 11.3 Å². The van der Waals surface area contributed by atoms with Gasteiger partial charge in [-0.2, -0.15) is 9.90 Å². The smallest absolute Gasteiger partial charge is 0.358 e. The van der Waals surface area contributed by atoms with E-state index in [9.17, 15) is 4.79 Å². The van der Waals surface area contributed by atoms with Gasteiger partial charge in [0.15, 0.2) is 5.69 Å². The van der Waals surface area contributed by atoms with Gasteiger partial charge in [0.1, 0.15) is 0 Å². The summed E-state index contributed by atoms with van der Waals surface area (Å²) in [5.74, 6) is 0.121. The normalized spacial score (nSPS) is 10.7. The molecule has 0 N–H and O–H groups in total. The second-order valence-electron chi connectivity index (χ2n) is 6.05. The molecule has 2 heterocycles. The molecule has 0 bridgehead atoms. The molecule has 8 nitrogen and oxygen atoms in total. The number of tetrazole rings is 1. The molecule has 4 rings (SSSR count). The Balaban J connectivity index is 1.26. The topological polar surface area (TPSA) is 87.7 Å². The number of carbonyl (C=O) groups is 1. The van der Waals surface area contributed by atoms with Crippen molar-refractivity contribution < 1.29 is 9.53 Å². The zero-order chi connectivity index (χ0) is 19.2. The molecular formula is C20H18N6O2. The molecule has 0 amide bonds. The minimum Gasteiger partial charge on any atom is -0.461 e. The molecule has 0 fully saturated rings. The summed E-state index contributed by atoms with van der Waals surface area (Å²) in [5, 5.41) is 16.7. The summed E-state index contributed by atoms with van der Waals surface area (Å²) in [4.78, 5) is 13.6. The highest BCUT2D eigenvalue weighted by Crippen LogP contribution is 2.12. The molecule has 4 aromatic rings. The Morgan fingerprint density at radius 2 is 1.68 bits per heavy atom. The number of aryl methyl sites for hydroxylation is 1. The van der Waals surface area contributed by atoms with Crippen LogP contribution in [0.5, 0.6) is 0 Å². The third-order valence-corrected chi connectivity index (χ3v) is 4.04. The van der Waals surface area contributed by atoms with Gasteiger partial charge >= 0.3 is 5.97 Å². The van der Waals surface area contributed by atoms with Gasteiger partial charge < -0.3 is 4.74 Å². The van der Waals surface area contributed by atoms with Crippen LogP contribution >= 0.6 is 0 Å². The van der Waals surface area contributed by atoms with E-state index in [1.165, 1.54) is 4.80 Å². The minimum atomic E-state index is -0.453. The summed E-state index contributed by atoms with van der Waals surface area (Å²) in [6.07, 6.45) is 2.31. The molecule has 140 valence electrons. The Morgan fingerprint density at radius 1 is 0.929 bits per heavy atom. The number of carbonyl (C=O) groups excluding carboxylic acids is 1. The highest BCUT2D eigenvalue weighted by molar-refractivity contribution is 5.87. The second kappa shape index (κ2) is 8.26. The summed E-state index contributed by atoms with van der Waals surface area (Å²) < 4.78 is 6.93. The second-order valence-corrected chi connectivity index (χ2v) is 6.05. The predicted molar refractivity (Wildman–Crippen MR) is 102 cm³/mol. The molecule has 28 heavy (non-hydrogen) atoms. The Labute approximate surface area is 161 Å². The molecule has 0 aliphatic carbocycles. The van der Waals surface area contributed by atoms with Crippen LogP contribution in [0.3, 0.4) is 0 Å². The minimum absolute atomic E-state index is 0.249. The molecule has 0 saturated heterocycles. The van der Waals surface area contributed by atoms with E-state index >= 15 is 0 Å². The van der Waals surface area contributed by atoms with Crippen molar-refractivity contribution >= 4 is 5.97 Å². The summed E-state index contributed by atoms with van der Waals surface area (Å²) in [6, 6.07) is 20.9. The average Bonchev–Trinajstić information content (AvgIpc) is 3.42. The molecular weight excluding hydrogens is 356 g/mol. The van der Waals surface area contributed by atoms with Crippen LogP contribution in [-0.2, 0) is 11.3 Å². The van der Waals surface area contributed by atoms with E-state index in [2.05, 4.69) is 20.5 Å².